The van der Waals surface area contributed by atoms with Crippen LogP contribution in [0.5, 0.6) is 0 Å². The normalized spacial score (nSPS) is 39.8. The molecule has 0 N–H and O–H groups in total. The van der Waals surface area contributed by atoms with Gasteiger partial charge in [-0.3, -0.25) is 4.18 Å². The number of fused-ring (bicyclic) bond motifs is 2. The standard InChI is InChI=1S/C15H26O5S/c1-21(16,17)20-14-10-11-8-12(9-11)13(14)5-7-19-15-4-2-3-6-18-15/h11-15H,2-10H2,1H3/t11?,12?,13-,14+,15?/m0/s1. The van der Waals surface area contributed by atoms with Gasteiger partial charge in [0.15, 0.2) is 6.29 Å². The summed E-state index contributed by atoms with van der Waals surface area (Å²) < 4.78 is 39.5. The first-order valence-electron chi connectivity index (χ1n) is 8.13. The lowest BCUT2D eigenvalue weighted by Crippen LogP contribution is -2.47. The van der Waals surface area contributed by atoms with E-state index in [0.717, 1.165) is 45.0 Å². The monoisotopic (exact) mass is 318 g/mol. The zero-order valence-electron chi connectivity index (χ0n) is 12.7. The molecule has 1 saturated heterocycles. The molecule has 1 unspecified atom stereocenters. The molecule has 4 fully saturated rings. The van der Waals surface area contributed by atoms with Crippen LogP contribution in [0, 0.1) is 17.8 Å². The highest BCUT2D eigenvalue weighted by Gasteiger charge is 2.47. The maximum Gasteiger partial charge on any atom is 0.264 e. The van der Waals surface area contributed by atoms with Crippen LogP contribution in [0.25, 0.3) is 0 Å². The van der Waals surface area contributed by atoms with Gasteiger partial charge in [-0.25, -0.2) is 0 Å². The zero-order chi connectivity index (χ0) is 14.9. The highest BCUT2D eigenvalue weighted by Crippen LogP contribution is 2.51. The van der Waals surface area contributed by atoms with Crippen molar-refractivity contribution in [1.82, 2.24) is 0 Å². The third kappa shape index (κ3) is 4.18. The van der Waals surface area contributed by atoms with Gasteiger partial charge in [-0.05, 0) is 62.7 Å². The minimum absolute atomic E-state index is 0.0641. The highest BCUT2D eigenvalue weighted by atomic mass is 32.2. The molecule has 5 nitrogen and oxygen atoms in total. The first-order valence-corrected chi connectivity index (χ1v) is 9.94. The Morgan fingerprint density at radius 2 is 2.00 bits per heavy atom. The van der Waals surface area contributed by atoms with Crippen LogP contribution >= 0.6 is 0 Å². The van der Waals surface area contributed by atoms with E-state index in [1.165, 1.54) is 12.8 Å². The van der Waals surface area contributed by atoms with Gasteiger partial charge in [0.05, 0.1) is 19.0 Å². The van der Waals surface area contributed by atoms with E-state index in [9.17, 15) is 8.42 Å². The molecule has 3 atom stereocenters. The van der Waals surface area contributed by atoms with Crippen molar-refractivity contribution in [2.75, 3.05) is 19.5 Å². The Kier molecular flexibility index (Phi) is 4.88. The minimum Gasteiger partial charge on any atom is -0.353 e. The molecule has 6 heteroatoms. The Hall–Kier alpha value is -0.170. The second kappa shape index (κ2) is 6.52. The fraction of sp³-hybridized carbons (Fsp3) is 1.00. The van der Waals surface area contributed by atoms with E-state index in [-0.39, 0.29) is 12.4 Å². The zero-order valence-corrected chi connectivity index (χ0v) is 13.5. The van der Waals surface area contributed by atoms with E-state index in [2.05, 4.69) is 0 Å². The van der Waals surface area contributed by atoms with Crippen molar-refractivity contribution in [2.45, 2.75) is 57.3 Å². The molecule has 0 aromatic carbocycles. The second-order valence-electron chi connectivity index (χ2n) is 6.79. The van der Waals surface area contributed by atoms with Gasteiger partial charge in [0.25, 0.3) is 10.1 Å². The number of ether oxygens (including phenoxy) is 2. The molecule has 3 saturated carbocycles. The van der Waals surface area contributed by atoms with Gasteiger partial charge in [0, 0.05) is 6.61 Å². The molecule has 3 aliphatic carbocycles. The fourth-order valence-corrected chi connectivity index (χ4v) is 4.74. The third-order valence-corrected chi connectivity index (χ3v) is 5.71. The van der Waals surface area contributed by atoms with Gasteiger partial charge in [-0.1, -0.05) is 0 Å². The predicted octanol–water partition coefficient (Wildman–Crippen LogP) is 2.31. The lowest BCUT2D eigenvalue weighted by molar-refractivity contribution is -0.169. The van der Waals surface area contributed by atoms with E-state index in [1.54, 1.807) is 0 Å². The van der Waals surface area contributed by atoms with Gasteiger partial charge in [0.2, 0.25) is 0 Å². The van der Waals surface area contributed by atoms with Crippen molar-refractivity contribution in [3.05, 3.63) is 0 Å². The van der Waals surface area contributed by atoms with E-state index in [4.69, 9.17) is 13.7 Å². The van der Waals surface area contributed by atoms with Crippen LogP contribution in [-0.4, -0.2) is 40.3 Å². The summed E-state index contributed by atoms with van der Waals surface area (Å²) in [6.45, 7) is 1.43. The molecule has 122 valence electrons. The topological polar surface area (TPSA) is 61.8 Å². The van der Waals surface area contributed by atoms with E-state index in [0.29, 0.717) is 24.4 Å². The summed E-state index contributed by atoms with van der Waals surface area (Å²) in [6, 6.07) is 0. The van der Waals surface area contributed by atoms with E-state index < -0.39 is 10.1 Å². The van der Waals surface area contributed by atoms with E-state index in [1.807, 2.05) is 0 Å². The second-order valence-corrected chi connectivity index (χ2v) is 8.39. The molecule has 0 radical (unpaired) electrons. The Morgan fingerprint density at radius 1 is 1.19 bits per heavy atom. The van der Waals surface area contributed by atoms with Crippen LogP contribution in [-0.2, 0) is 23.8 Å². The molecule has 1 aliphatic heterocycles. The van der Waals surface area contributed by atoms with E-state index >= 15 is 0 Å². The Bertz CT molecular complexity index is 437. The molecule has 0 spiro atoms. The van der Waals surface area contributed by atoms with Crippen molar-refractivity contribution >= 4 is 10.1 Å². The summed E-state index contributed by atoms with van der Waals surface area (Å²) in [6.07, 6.45) is 8.41. The van der Waals surface area contributed by atoms with Crippen molar-refractivity contribution in [3.63, 3.8) is 0 Å². The molecule has 0 aromatic heterocycles. The molecule has 4 rings (SSSR count). The SMILES string of the molecule is CS(=O)(=O)O[C@@H]1CC2CC(C2)[C@@H]1CCOC1CCCCO1. The maximum atomic E-state index is 11.4. The fourth-order valence-electron chi connectivity index (χ4n) is 4.07. The summed E-state index contributed by atoms with van der Waals surface area (Å²) in [5.41, 5.74) is 0. The predicted molar refractivity (Wildman–Crippen MR) is 78.2 cm³/mol. The molecular weight excluding hydrogens is 292 g/mol. The molecule has 21 heavy (non-hydrogen) atoms. The average molecular weight is 318 g/mol. The summed E-state index contributed by atoms with van der Waals surface area (Å²) in [5.74, 6) is 1.60. The third-order valence-electron chi connectivity index (χ3n) is 5.11. The lowest BCUT2D eigenvalue weighted by atomic mass is 9.58. The molecule has 4 aliphatic rings. The molecular formula is C15H26O5S. The van der Waals surface area contributed by atoms with Gasteiger partial charge in [-0.2, -0.15) is 8.42 Å². The summed E-state index contributed by atoms with van der Waals surface area (Å²) in [7, 11) is -3.37. The summed E-state index contributed by atoms with van der Waals surface area (Å²) in [4.78, 5) is 0. The van der Waals surface area contributed by atoms with Crippen LogP contribution in [0.3, 0.4) is 0 Å². The molecule has 1 heterocycles. The van der Waals surface area contributed by atoms with Crippen LogP contribution in [0.15, 0.2) is 0 Å². The van der Waals surface area contributed by atoms with Gasteiger partial charge in [0.1, 0.15) is 0 Å². The number of rotatable bonds is 6. The molecule has 0 aromatic rings. The van der Waals surface area contributed by atoms with Crippen LogP contribution in [0.2, 0.25) is 0 Å². The van der Waals surface area contributed by atoms with Crippen LogP contribution < -0.4 is 0 Å². The van der Waals surface area contributed by atoms with Crippen LogP contribution in [0.4, 0.5) is 0 Å². The van der Waals surface area contributed by atoms with Crippen molar-refractivity contribution in [3.8, 4) is 0 Å². The largest absolute Gasteiger partial charge is 0.353 e. The lowest BCUT2D eigenvalue weighted by Gasteiger charge is -2.50. The smallest absolute Gasteiger partial charge is 0.264 e. The maximum absolute atomic E-state index is 11.4. The average Bonchev–Trinajstić information content (AvgIpc) is 2.38. The Labute approximate surface area is 127 Å². The molecule has 2 bridgehead atoms. The number of hydrogen-bond acceptors (Lipinski definition) is 5. The quantitative estimate of drug-likeness (QED) is 0.703. The first kappa shape index (κ1) is 15.7. The highest BCUT2D eigenvalue weighted by molar-refractivity contribution is 7.86. The van der Waals surface area contributed by atoms with Gasteiger partial charge in [-0.15, -0.1) is 0 Å². The van der Waals surface area contributed by atoms with Crippen LogP contribution in [0.1, 0.15) is 44.9 Å². The Balaban J connectivity index is 1.49. The van der Waals surface area contributed by atoms with Crippen molar-refractivity contribution < 1.29 is 22.1 Å². The summed E-state index contributed by atoms with van der Waals surface area (Å²) in [5, 5.41) is 0. The Morgan fingerprint density at radius 3 is 2.67 bits per heavy atom. The minimum atomic E-state index is -3.37. The van der Waals surface area contributed by atoms with Crippen molar-refractivity contribution in [1.29, 1.82) is 0 Å². The molecule has 0 amide bonds. The summed E-state index contributed by atoms with van der Waals surface area (Å²) >= 11 is 0. The van der Waals surface area contributed by atoms with Gasteiger partial charge >= 0.3 is 0 Å². The first-order chi connectivity index (χ1) is 10.0. The van der Waals surface area contributed by atoms with Gasteiger partial charge < -0.3 is 9.47 Å². The van der Waals surface area contributed by atoms with Crippen molar-refractivity contribution in [2.24, 2.45) is 17.8 Å². The number of hydrogen-bond donors (Lipinski definition) is 0.